The van der Waals surface area contributed by atoms with Gasteiger partial charge in [-0.3, -0.25) is 4.79 Å². The molecule has 0 aliphatic heterocycles. The second-order valence-electron chi connectivity index (χ2n) is 6.75. The van der Waals surface area contributed by atoms with Gasteiger partial charge in [0.15, 0.2) is 5.69 Å². The number of carbonyl (C=O) groups excluding carboxylic acids is 1. The van der Waals surface area contributed by atoms with E-state index in [1.54, 1.807) is 37.2 Å². The average molecular weight is 414 g/mol. The number of methoxy groups -OCH3 is 2. The standard InChI is InChI=1S/C24H22N4O3/c1-30-20-12-10-17(11-13-20)22-15-21(27-28(22)19-8-4-3-5-9-19)23(29)26-16-18-7-6-14-25-24(18)31-2/h3-15H,16H2,1-2H3,(H,26,29). The summed E-state index contributed by atoms with van der Waals surface area (Å²) in [6.07, 6.45) is 1.65. The molecule has 7 heteroatoms. The van der Waals surface area contributed by atoms with Gasteiger partial charge in [0, 0.05) is 23.9 Å². The number of nitrogens with one attached hydrogen (secondary N) is 1. The summed E-state index contributed by atoms with van der Waals surface area (Å²) < 4.78 is 12.3. The van der Waals surface area contributed by atoms with Gasteiger partial charge in [0.2, 0.25) is 5.88 Å². The summed E-state index contributed by atoms with van der Waals surface area (Å²) in [6, 6.07) is 22.8. The van der Waals surface area contributed by atoms with Crippen LogP contribution in [0, 0.1) is 0 Å². The second kappa shape index (κ2) is 9.13. The van der Waals surface area contributed by atoms with Crippen LogP contribution in [0.3, 0.4) is 0 Å². The number of nitrogens with zero attached hydrogens (tertiary/aromatic N) is 3. The number of amides is 1. The Labute approximate surface area is 180 Å². The molecule has 1 N–H and O–H groups in total. The smallest absolute Gasteiger partial charge is 0.272 e. The molecule has 0 fully saturated rings. The van der Waals surface area contributed by atoms with E-state index in [1.165, 1.54) is 0 Å². The molecule has 1 amide bonds. The number of hydrogen-bond acceptors (Lipinski definition) is 5. The second-order valence-corrected chi connectivity index (χ2v) is 6.75. The molecule has 4 rings (SSSR count). The van der Waals surface area contributed by atoms with Crippen LogP contribution in [-0.2, 0) is 6.54 Å². The highest BCUT2D eigenvalue weighted by atomic mass is 16.5. The fourth-order valence-electron chi connectivity index (χ4n) is 3.23. The van der Waals surface area contributed by atoms with E-state index in [4.69, 9.17) is 9.47 Å². The van der Waals surface area contributed by atoms with E-state index < -0.39 is 0 Å². The number of benzene rings is 2. The van der Waals surface area contributed by atoms with Crippen LogP contribution in [-0.4, -0.2) is 34.9 Å². The first kappa shape index (κ1) is 20.2. The Morgan fingerprint density at radius 3 is 2.45 bits per heavy atom. The van der Waals surface area contributed by atoms with Crippen LogP contribution in [0.2, 0.25) is 0 Å². The van der Waals surface area contributed by atoms with Crippen molar-refractivity contribution in [2.75, 3.05) is 14.2 Å². The summed E-state index contributed by atoms with van der Waals surface area (Å²) in [7, 11) is 3.18. The Morgan fingerprint density at radius 1 is 0.968 bits per heavy atom. The van der Waals surface area contributed by atoms with Gasteiger partial charge in [-0.2, -0.15) is 5.10 Å². The number of hydrogen-bond donors (Lipinski definition) is 1. The van der Waals surface area contributed by atoms with E-state index in [1.807, 2.05) is 60.7 Å². The summed E-state index contributed by atoms with van der Waals surface area (Å²) in [5.41, 5.74) is 3.69. The van der Waals surface area contributed by atoms with E-state index in [-0.39, 0.29) is 12.5 Å². The molecule has 7 nitrogen and oxygen atoms in total. The molecule has 0 spiro atoms. The van der Waals surface area contributed by atoms with Crippen molar-refractivity contribution in [1.29, 1.82) is 0 Å². The van der Waals surface area contributed by atoms with Crippen LogP contribution in [0.1, 0.15) is 16.1 Å². The first-order chi connectivity index (χ1) is 15.2. The van der Waals surface area contributed by atoms with Crippen molar-refractivity contribution in [2.45, 2.75) is 6.54 Å². The molecule has 0 aliphatic rings. The third-order valence-corrected chi connectivity index (χ3v) is 4.81. The van der Waals surface area contributed by atoms with Gasteiger partial charge in [0.05, 0.1) is 25.6 Å². The van der Waals surface area contributed by atoms with Crippen LogP contribution in [0.5, 0.6) is 11.6 Å². The molecular formula is C24H22N4O3. The van der Waals surface area contributed by atoms with Gasteiger partial charge in [-0.15, -0.1) is 0 Å². The van der Waals surface area contributed by atoms with Crippen molar-refractivity contribution in [1.82, 2.24) is 20.1 Å². The molecule has 0 aliphatic carbocycles. The van der Waals surface area contributed by atoms with E-state index in [9.17, 15) is 4.79 Å². The highest BCUT2D eigenvalue weighted by molar-refractivity contribution is 5.93. The molecule has 31 heavy (non-hydrogen) atoms. The maximum Gasteiger partial charge on any atom is 0.272 e. The molecule has 0 radical (unpaired) electrons. The zero-order valence-electron chi connectivity index (χ0n) is 17.3. The quantitative estimate of drug-likeness (QED) is 0.497. The first-order valence-corrected chi connectivity index (χ1v) is 9.75. The molecule has 0 bridgehead atoms. The summed E-state index contributed by atoms with van der Waals surface area (Å²) in [6.45, 7) is 0.284. The summed E-state index contributed by atoms with van der Waals surface area (Å²) >= 11 is 0. The first-order valence-electron chi connectivity index (χ1n) is 9.75. The lowest BCUT2D eigenvalue weighted by molar-refractivity contribution is 0.0945. The Kier molecular flexibility index (Phi) is 5.93. The molecular weight excluding hydrogens is 392 g/mol. The lowest BCUT2D eigenvalue weighted by Crippen LogP contribution is -2.23. The van der Waals surface area contributed by atoms with Gasteiger partial charge in [0.1, 0.15) is 5.75 Å². The maximum absolute atomic E-state index is 12.9. The van der Waals surface area contributed by atoms with Gasteiger partial charge in [-0.1, -0.05) is 24.3 Å². The van der Waals surface area contributed by atoms with E-state index in [2.05, 4.69) is 15.4 Å². The number of carbonyl (C=O) groups is 1. The maximum atomic E-state index is 12.9. The third-order valence-electron chi connectivity index (χ3n) is 4.81. The minimum atomic E-state index is -0.282. The fraction of sp³-hybridized carbons (Fsp3) is 0.125. The van der Waals surface area contributed by atoms with Crippen molar-refractivity contribution in [2.24, 2.45) is 0 Å². The molecule has 0 atom stereocenters. The van der Waals surface area contributed by atoms with Crippen LogP contribution < -0.4 is 14.8 Å². The van der Waals surface area contributed by atoms with Crippen LogP contribution in [0.4, 0.5) is 0 Å². The molecule has 156 valence electrons. The summed E-state index contributed by atoms with van der Waals surface area (Å²) in [5, 5.41) is 7.48. The minimum Gasteiger partial charge on any atom is -0.497 e. The van der Waals surface area contributed by atoms with Gasteiger partial charge in [0.25, 0.3) is 5.91 Å². The van der Waals surface area contributed by atoms with Crippen LogP contribution in [0.25, 0.3) is 16.9 Å². The highest BCUT2D eigenvalue weighted by Gasteiger charge is 2.17. The molecule has 0 saturated heterocycles. The number of aromatic nitrogens is 3. The SMILES string of the molecule is COc1ccc(-c2cc(C(=O)NCc3cccnc3OC)nn2-c2ccccc2)cc1. The molecule has 4 aromatic rings. The van der Waals surface area contributed by atoms with Crippen molar-refractivity contribution in [3.63, 3.8) is 0 Å². The number of para-hydroxylation sites is 1. The molecule has 0 saturated carbocycles. The normalized spacial score (nSPS) is 10.5. The Bertz CT molecular complexity index is 1170. The monoisotopic (exact) mass is 414 g/mol. The van der Waals surface area contributed by atoms with Crippen molar-refractivity contribution in [3.8, 4) is 28.6 Å². The Balaban J connectivity index is 1.65. The van der Waals surface area contributed by atoms with Crippen LogP contribution >= 0.6 is 0 Å². The zero-order valence-corrected chi connectivity index (χ0v) is 17.3. The summed E-state index contributed by atoms with van der Waals surface area (Å²) in [4.78, 5) is 17.0. The van der Waals surface area contributed by atoms with Crippen molar-refractivity contribution in [3.05, 3.63) is 90.3 Å². The van der Waals surface area contributed by atoms with Gasteiger partial charge < -0.3 is 14.8 Å². The van der Waals surface area contributed by atoms with Crippen molar-refractivity contribution < 1.29 is 14.3 Å². The molecule has 2 heterocycles. The van der Waals surface area contributed by atoms with E-state index in [0.717, 1.165) is 28.3 Å². The zero-order chi connectivity index (χ0) is 21.6. The lowest BCUT2D eigenvalue weighted by Gasteiger charge is -2.08. The highest BCUT2D eigenvalue weighted by Crippen LogP contribution is 2.26. The van der Waals surface area contributed by atoms with E-state index >= 15 is 0 Å². The lowest BCUT2D eigenvalue weighted by atomic mass is 10.1. The van der Waals surface area contributed by atoms with Crippen LogP contribution in [0.15, 0.2) is 79.0 Å². The topological polar surface area (TPSA) is 78.3 Å². The third kappa shape index (κ3) is 4.40. The molecule has 2 aromatic heterocycles. The van der Waals surface area contributed by atoms with Gasteiger partial charge >= 0.3 is 0 Å². The predicted molar refractivity (Wildman–Crippen MR) is 118 cm³/mol. The molecule has 2 aromatic carbocycles. The minimum absolute atomic E-state index is 0.282. The van der Waals surface area contributed by atoms with Gasteiger partial charge in [-0.25, -0.2) is 9.67 Å². The van der Waals surface area contributed by atoms with Gasteiger partial charge in [-0.05, 0) is 48.5 Å². The Hall–Kier alpha value is -4.13. The number of pyridine rings is 1. The van der Waals surface area contributed by atoms with E-state index in [0.29, 0.717) is 11.6 Å². The summed E-state index contributed by atoms with van der Waals surface area (Å²) in [5.74, 6) is 0.963. The molecule has 0 unspecified atom stereocenters. The number of rotatable bonds is 7. The number of ether oxygens (including phenoxy) is 2. The van der Waals surface area contributed by atoms with Crippen molar-refractivity contribution >= 4 is 5.91 Å². The largest absolute Gasteiger partial charge is 0.497 e. The average Bonchev–Trinajstić information content (AvgIpc) is 3.29. The fourth-order valence-corrected chi connectivity index (χ4v) is 3.23. The Morgan fingerprint density at radius 2 is 1.74 bits per heavy atom. The predicted octanol–water partition coefficient (Wildman–Crippen LogP) is 3.88.